The Morgan fingerprint density at radius 2 is 1.78 bits per heavy atom. The number of nitrogens with zero attached hydrogens (tertiary/aromatic N) is 3. The molecule has 0 unspecified atom stereocenters. The normalized spacial score (nSPS) is 23.8. The van der Waals surface area contributed by atoms with E-state index in [-0.39, 0.29) is 24.8 Å². The molecule has 2 aliphatic carbocycles. The second-order valence-corrected chi connectivity index (χ2v) is 6.84. The Morgan fingerprint density at radius 3 is 2.39 bits per heavy atom. The zero-order valence-electron chi connectivity index (χ0n) is 13.1. The van der Waals surface area contributed by atoms with Crippen LogP contribution in [0.3, 0.4) is 0 Å². The summed E-state index contributed by atoms with van der Waals surface area (Å²) in [6, 6.07) is 0. The van der Waals surface area contributed by atoms with Gasteiger partial charge in [0.15, 0.2) is 0 Å². The number of halogens is 2. The summed E-state index contributed by atoms with van der Waals surface area (Å²) in [4.78, 5) is 18.0. The summed E-state index contributed by atoms with van der Waals surface area (Å²) in [5.41, 5.74) is 0.328. The van der Waals surface area contributed by atoms with Crippen LogP contribution in [0, 0.1) is 5.41 Å². The fourth-order valence-corrected chi connectivity index (χ4v) is 4.00. The molecule has 4 rings (SSSR count). The number of nitrogens with one attached hydrogen (secondary N) is 1. The Hall–Kier alpha value is -0.850. The zero-order chi connectivity index (χ0) is 14.3. The van der Waals surface area contributed by atoms with Crippen molar-refractivity contribution in [3.05, 3.63) is 5.89 Å². The lowest BCUT2D eigenvalue weighted by Gasteiger charge is -2.45. The van der Waals surface area contributed by atoms with Gasteiger partial charge in [-0.1, -0.05) is 0 Å². The molecule has 8 heteroatoms. The number of Topliss-reactive ketones (excluding diaryl/α,β-unsaturated/α-hetero) is 1. The van der Waals surface area contributed by atoms with Crippen LogP contribution < -0.4 is 10.2 Å². The largest absolute Gasteiger partial charge is 0.337 e. The minimum absolute atomic E-state index is 0. The van der Waals surface area contributed by atoms with E-state index in [9.17, 15) is 4.79 Å². The van der Waals surface area contributed by atoms with Crippen molar-refractivity contribution in [3.8, 4) is 0 Å². The van der Waals surface area contributed by atoms with Crippen molar-refractivity contribution in [3.63, 3.8) is 0 Å². The maximum atomic E-state index is 11.3. The molecule has 1 N–H and O–H groups in total. The molecule has 0 aromatic carbocycles. The first kappa shape index (κ1) is 18.5. The van der Waals surface area contributed by atoms with Crippen molar-refractivity contribution in [1.29, 1.82) is 0 Å². The van der Waals surface area contributed by atoms with Crippen LogP contribution in [0.5, 0.6) is 0 Å². The quantitative estimate of drug-likeness (QED) is 0.870. The summed E-state index contributed by atoms with van der Waals surface area (Å²) in [6.45, 7) is 3.83. The summed E-state index contributed by atoms with van der Waals surface area (Å²) < 4.78 is 5.51. The number of hydrogen-bond donors (Lipinski definition) is 1. The van der Waals surface area contributed by atoms with Crippen LogP contribution in [-0.4, -0.2) is 42.1 Å². The summed E-state index contributed by atoms with van der Waals surface area (Å²) in [7, 11) is 0. The Morgan fingerprint density at radius 1 is 1.13 bits per heavy atom. The molecule has 0 atom stereocenters. The van der Waals surface area contributed by atoms with Gasteiger partial charge in [0.1, 0.15) is 5.78 Å². The van der Waals surface area contributed by atoms with Gasteiger partial charge in [0.2, 0.25) is 5.89 Å². The van der Waals surface area contributed by atoms with Crippen molar-refractivity contribution in [2.75, 3.05) is 31.1 Å². The molecule has 1 spiro atoms. The van der Waals surface area contributed by atoms with Gasteiger partial charge in [-0.15, -0.1) is 24.8 Å². The van der Waals surface area contributed by atoms with E-state index >= 15 is 0 Å². The fraction of sp³-hybridized carbons (Fsp3) is 0.800. The standard InChI is InChI=1S/C15H22N4O2.2ClH/c20-12-9-15(10-12)3-1-11(2-4-15)13-17-14(18-21-13)19-7-5-16-6-8-19;;/h11,16H,1-10H2;2*1H. The first-order chi connectivity index (χ1) is 10.2. The van der Waals surface area contributed by atoms with Crippen molar-refractivity contribution >= 4 is 36.5 Å². The topological polar surface area (TPSA) is 71.3 Å². The monoisotopic (exact) mass is 362 g/mol. The molecule has 0 radical (unpaired) electrons. The molecule has 3 fully saturated rings. The van der Waals surface area contributed by atoms with Crippen LogP contribution in [0.4, 0.5) is 5.95 Å². The van der Waals surface area contributed by atoms with Gasteiger partial charge in [-0.3, -0.25) is 4.79 Å². The number of aromatic nitrogens is 2. The Bertz CT molecular complexity index is 527. The second kappa shape index (κ2) is 7.36. The van der Waals surface area contributed by atoms with E-state index in [1.54, 1.807) is 0 Å². The second-order valence-electron chi connectivity index (χ2n) is 6.84. The maximum Gasteiger partial charge on any atom is 0.266 e. The maximum absolute atomic E-state index is 11.3. The van der Waals surface area contributed by atoms with Crippen molar-refractivity contribution in [1.82, 2.24) is 15.5 Å². The molecule has 1 aromatic rings. The van der Waals surface area contributed by atoms with E-state index in [1.807, 2.05) is 0 Å². The highest BCUT2D eigenvalue weighted by Crippen LogP contribution is 2.52. The van der Waals surface area contributed by atoms with Crippen LogP contribution in [0.1, 0.15) is 50.3 Å². The fourth-order valence-electron chi connectivity index (χ4n) is 4.00. The smallest absolute Gasteiger partial charge is 0.266 e. The van der Waals surface area contributed by atoms with E-state index in [1.165, 1.54) is 0 Å². The molecule has 23 heavy (non-hydrogen) atoms. The Balaban J connectivity index is 0.000000960. The van der Waals surface area contributed by atoms with Gasteiger partial charge in [-0.2, -0.15) is 4.98 Å². The molecule has 1 aliphatic heterocycles. The van der Waals surface area contributed by atoms with Gasteiger partial charge in [0.25, 0.3) is 5.95 Å². The van der Waals surface area contributed by atoms with Gasteiger partial charge in [-0.25, -0.2) is 0 Å². The third-order valence-electron chi connectivity index (χ3n) is 5.37. The van der Waals surface area contributed by atoms with E-state index < -0.39 is 0 Å². The van der Waals surface area contributed by atoms with E-state index in [4.69, 9.17) is 4.52 Å². The molecule has 2 heterocycles. The van der Waals surface area contributed by atoms with Crippen LogP contribution in [0.2, 0.25) is 0 Å². The van der Waals surface area contributed by atoms with Crippen molar-refractivity contribution in [2.24, 2.45) is 5.41 Å². The number of piperazine rings is 1. The predicted octanol–water partition coefficient (Wildman–Crippen LogP) is 2.33. The molecule has 3 aliphatic rings. The highest BCUT2D eigenvalue weighted by Gasteiger charge is 2.46. The van der Waals surface area contributed by atoms with Gasteiger partial charge >= 0.3 is 0 Å². The first-order valence-corrected chi connectivity index (χ1v) is 8.05. The molecule has 6 nitrogen and oxygen atoms in total. The van der Waals surface area contributed by atoms with Gasteiger partial charge in [0, 0.05) is 44.9 Å². The lowest BCUT2D eigenvalue weighted by atomic mass is 9.58. The third-order valence-corrected chi connectivity index (χ3v) is 5.37. The third kappa shape index (κ3) is 3.64. The van der Waals surface area contributed by atoms with Gasteiger partial charge in [0.05, 0.1) is 0 Å². The molecule has 1 aromatic heterocycles. The van der Waals surface area contributed by atoms with Crippen LogP contribution in [0.15, 0.2) is 4.52 Å². The molecule has 0 bridgehead atoms. The highest BCUT2D eigenvalue weighted by molar-refractivity contribution is 5.86. The average molecular weight is 363 g/mol. The molecule has 1 saturated heterocycles. The first-order valence-electron chi connectivity index (χ1n) is 8.05. The van der Waals surface area contributed by atoms with Crippen LogP contribution in [0.25, 0.3) is 0 Å². The predicted molar refractivity (Wildman–Crippen MR) is 91.8 cm³/mol. The van der Waals surface area contributed by atoms with E-state index in [0.29, 0.717) is 17.1 Å². The van der Waals surface area contributed by atoms with E-state index in [2.05, 4.69) is 20.4 Å². The number of anilines is 1. The number of ketones is 1. The number of carbonyl (C=O) groups is 1. The summed E-state index contributed by atoms with van der Waals surface area (Å²) in [5, 5.41) is 7.48. The average Bonchev–Trinajstić information content (AvgIpc) is 2.97. The molecular weight excluding hydrogens is 339 g/mol. The SMILES string of the molecule is Cl.Cl.O=C1CC2(CCC(c3nc(N4CCNCC4)no3)CC2)C1. The molecule has 130 valence electrons. The lowest BCUT2D eigenvalue weighted by molar-refractivity contribution is -0.134. The number of hydrogen-bond acceptors (Lipinski definition) is 6. The lowest BCUT2D eigenvalue weighted by Crippen LogP contribution is -2.44. The zero-order valence-corrected chi connectivity index (χ0v) is 14.8. The minimum Gasteiger partial charge on any atom is -0.337 e. The molecule has 0 amide bonds. The number of rotatable bonds is 2. The van der Waals surface area contributed by atoms with Crippen LogP contribution in [-0.2, 0) is 4.79 Å². The Labute approximate surface area is 148 Å². The molecular formula is C15H24Cl2N4O2. The van der Waals surface area contributed by atoms with E-state index in [0.717, 1.165) is 76.5 Å². The highest BCUT2D eigenvalue weighted by atomic mass is 35.5. The van der Waals surface area contributed by atoms with Gasteiger partial charge < -0.3 is 14.7 Å². The van der Waals surface area contributed by atoms with Crippen LogP contribution >= 0.6 is 24.8 Å². The summed E-state index contributed by atoms with van der Waals surface area (Å²) in [5.74, 6) is 2.36. The van der Waals surface area contributed by atoms with Gasteiger partial charge in [-0.05, 0) is 36.3 Å². The van der Waals surface area contributed by atoms with Crippen molar-refractivity contribution in [2.45, 2.75) is 44.4 Å². The van der Waals surface area contributed by atoms with Crippen molar-refractivity contribution < 1.29 is 9.32 Å². The Kier molecular flexibility index (Phi) is 5.92. The summed E-state index contributed by atoms with van der Waals surface area (Å²) >= 11 is 0. The minimum atomic E-state index is 0. The summed E-state index contributed by atoms with van der Waals surface area (Å²) in [6.07, 6.45) is 6.03. The molecule has 2 saturated carbocycles. The number of carbonyl (C=O) groups excluding carboxylic acids is 1.